The van der Waals surface area contributed by atoms with Crippen molar-refractivity contribution in [3.63, 3.8) is 0 Å². The lowest BCUT2D eigenvalue weighted by molar-refractivity contribution is -0.168. The molecule has 290 valence electrons. The molecule has 0 bridgehead atoms. The summed E-state index contributed by atoms with van der Waals surface area (Å²) in [5.74, 6) is -1.92. The fourth-order valence-corrected chi connectivity index (χ4v) is 7.50. The summed E-state index contributed by atoms with van der Waals surface area (Å²) in [6.07, 6.45) is 0.341. The van der Waals surface area contributed by atoms with Crippen LogP contribution in [0.15, 0.2) is 46.1 Å². The number of rotatable bonds is 15. The van der Waals surface area contributed by atoms with E-state index in [1.807, 2.05) is 39.8 Å². The Morgan fingerprint density at radius 2 is 1.81 bits per heavy atom. The van der Waals surface area contributed by atoms with Gasteiger partial charge in [0.25, 0.3) is 0 Å². The number of hydrazone groups is 1. The van der Waals surface area contributed by atoms with E-state index >= 15 is 0 Å². The van der Waals surface area contributed by atoms with Crippen LogP contribution in [0.3, 0.4) is 0 Å². The van der Waals surface area contributed by atoms with Gasteiger partial charge in [-0.15, -0.1) is 0 Å². The summed E-state index contributed by atoms with van der Waals surface area (Å²) in [6, 6.07) is 6.94. The minimum Gasteiger partial charge on any atom is -0.465 e. The van der Waals surface area contributed by atoms with Crippen molar-refractivity contribution in [1.29, 1.82) is 5.26 Å². The predicted octanol–water partition coefficient (Wildman–Crippen LogP) is 4.63. The Morgan fingerprint density at radius 1 is 1.15 bits per heavy atom. The molecule has 53 heavy (non-hydrogen) atoms. The monoisotopic (exact) mass is 758 g/mol. The molecule has 0 radical (unpaired) electrons. The molecule has 3 heterocycles. The van der Waals surface area contributed by atoms with E-state index in [-0.39, 0.29) is 35.4 Å². The van der Waals surface area contributed by atoms with Crippen molar-refractivity contribution in [3.05, 3.63) is 41.6 Å². The van der Waals surface area contributed by atoms with Gasteiger partial charge >= 0.3 is 25.7 Å². The van der Waals surface area contributed by atoms with Crippen LogP contribution < -0.4 is 15.3 Å². The SMILES string of the molecule is CCC(C)(C)CCOC(=O)[C@H](C)NP(=O)(OC[C@H]1O[C@@](C#N)(C2CC=C3C(N)=NC=NN32)[C@H](OC(C)=O)[C@@H]1OC(C)=O)Oc1ccc(C(C)(C)C)cc1. The average molecular weight is 759 g/mol. The predicted molar refractivity (Wildman–Crippen MR) is 194 cm³/mol. The maximum absolute atomic E-state index is 14.6. The summed E-state index contributed by atoms with van der Waals surface area (Å²) in [5, 5.41) is 19.1. The van der Waals surface area contributed by atoms with E-state index in [1.165, 1.54) is 18.3 Å². The number of hydrogen-bond acceptors (Lipinski definition) is 15. The molecular weight excluding hydrogens is 707 g/mol. The van der Waals surface area contributed by atoms with E-state index in [9.17, 15) is 24.2 Å². The van der Waals surface area contributed by atoms with Crippen LogP contribution in [0.1, 0.15) is 87.1 Å². The number of amidine groups is 1. The Hall–Kier alpha value is -4.29. The molecule has 17 heteroatoms. The fraction of sp³-hybridized carbons (Fsp3) is 0.611. The van der Waals surface area contributed by atoms with Crippen LogP contribution in [0.2, 0.25) is 0 Å². The van der Waals surface area contributed by atoms with Gasteiger partial charge in [-0.1, -0.05) is 66.2 Å². The van der Waals surface area contributed by atoms with Crippen molar-refractivity contribution in [2.45, 2.75) is 123 Å². The molecule has 7 atom stereocenters. The number of ether oxygens (including phenoxy) is 4. The van der Waals surface area contributed by atoms with Gasteiger partial charge in [0.05, 0.1) is 18.9 Å². The van der Waals surface area contributed by atoms with Crippen molar-refractivity contribution in [2.24, 2.45) is 21.2 Å². The molecule has 0 spiro atoms. The number of nitrogens with two attached hydrogens (primary N) is 1. The molecule has 0 amide bonds. The number of hydrogen-bond donors (Lipinski definition) is 2. The van der Waals surface area contributed by atoms with Gasteiger partial charge in [-0.2, -0.15) is 15.5 Å². The summed E-state index contributed by atoms with van der Waals surface area (Å²) >= 11 is 0. The van der Waals surface area contributed by atoms with Gasteiger partial charge in [-0.3, -0.25) is 23.9 Å². The van der Waals surface area contributed by atoms with Crippen LogP contribution in [0.5, 0.6) is 5.75 Å². The lowest BCUT2D eigenvalue weighted by Gasteiger charge is -2.38. The van der Waals surface area contributed by atoms with Gasteiger partial charge < -0.3 is 29.2 Å². The molecule has 3 aliphatic rings. The molecule has 0 aliphatic carbocycles. The highest BCUT2D eigenvalue weighted by Crippen LogP contribution is 2.49. The molecule has 1 aromatic carbocycles. The fourth-order valence-electron chi connectivity index (χ4n) is 6.00. The zero-order valence-electron chi connectivity index (χ0n) is 31.8. The second-order valence-electron chi connectivity index (χ2n) is 15.0. The maximum Gasteiger partial charge on any atom is 0.459 e. The maximum atomic E-state index is 14.6. The van der Waals surface area contributed by atoms with Crippen molar-refractivity contribution < 1.29 is 46.9 Å². The number of aliphatic imine (C=N–C) groups is 1. The molecule has 16 nitrogen and oxygen atoms in total. The van der Waals surface area contributed by atoms with Crippen molar-refractivity contribution in [3.8, 4) is 11.8 Å². The number of nitrogens with one attached hydrogen (secondary N) is 1. The number of esters is 3. The Labute approximate surface area is 310 Å². The molecule has 0 saturated carbocycles. The topological polar surface area (TPSA) is 213 Å². The number of fused-ring (bicyclic) bond motifs is 1. The zero-order valence-corrected chi connectivity index (χ0v) is 32.7. The van der Waals surface area contributed by atoms with E-state index in [0.29, 0.717) is 12.1 Å². The van der Waals surface area contributed by atoms with Crippen LogP contribution in [0.25, 0.3) is 0 Å². The number of nitriles is 1. The van der Waals surface area contributed by atoms with Crippen LogP contribution >= 0.6 is 7.75 Å². The lowest BCUT2D eigenvalue weighted by atomic mass is 9.86. The highest BCUT2D eigenvalue weighted by molar-refractivity contribution is 7.52. The van der Waals surface area contributed by atoms with Crippen LogP contribution in [0, 0.1) is 16.7 Å². The molecule has 1 saturated heterocycles. The van der Waals surface area contributed by atoms with Gasteiger partial charge in [0.1, 0.15) is 36.3 Å². The molecule has 3 N–H and O–H groups in total. The lowest BCUT2D eigenvalue weighted by Crippen LogP contribution is -2.57. The molecule has 1 fully saturated rings. The van der Waals surface area contributed by atoms with Gasteiger partial charge in [0.2, 0.25) is 5.60 Å². The first kappa shape index (κ1) is 41.5. The summed E-state index contributed by atoms with van der Waals surface area (Å²) in [4.78, 5) is 42.0. The smallest absolute Gasteiger partial charge is 0.459 e. The molecule has 0 aromatic heterocycles. The first-order chi connectivity index (χ1) is 24.7. The normalized spacial score (nSPS) is 25.6. The van der Waals surface area contributed by atoms with Crippen molar-refractivity contribution in [1.82, 2.24) is 10.1 Å². The third kappa shape index (κ3) is 9.83. The largest absolute Gasteiger partial charge is 0.465 e. The van der Waals surface area contributed by atoms with E-state index in [1.54, 1.807) is 18.2 Å². The average Bonchev–Trinajstić information content (AvgIpc) is 3.63. The summed E-state index contributed by atoms with van der Waals surface area (Å²) in [5.41, 5.74) is 5.25. The number of carbonyl (C=O) groups is 3. The van der Waals surface area contributed by atoms with E-state index < -0.39 is 68.3 Å². The first-order valence-electron chi connectivity index (χ1n) is 17.5. The van der Waals surface area contributed by atoms with Crippen molar-refractivity contribution >= 4 is 37.8 Å². The number of benzene rings is 1. The molecule has 2 unspecified atom stereocenters. The summed E-state index contributed by atoms with van der Waals surface area (Å²) < 4.78 is 49.6. The van der Waals surface area contributed by atoms with Gasteiger partial charge in [0.15, 0.2) is 18.0 Å². The third-order valence-electron chi connectivity index (χ3n) is 9.45. The summed E-state index contributed by atoms with van der Waals surface area (Å²) in [6.45, 7) is 15.6. The molecular formula is C36H51N6O10P. The van der Waals surface area contributed by atoms with Gasteiger partial charge in [-0.05, 0) is 48.3 Å². The second-order valence-corrected chi connectivity index (χ2v) is 16.7. The van der Waals surface area contributed by atoms with Crippen LogP contribution in [0.4, 0.5) is 0 Å². The minimum absolute atomic E-state index is 0.0449. The molecule has 3 aliphatic heterocycles. The van der Waals surface area contributed by atoms with Crippen LogP contribution in [-0.2, 0) is 47.8 Å². The quantitative estimate of drug-likeness (QED) is 0.142. The highest BCUT2D eigenvalue weighted by Gasteiger charge is 2.66. The first-order valence-corrected chi connectivity index (χ1v) is 19.1. The number of nitrogens with zero attached hydrogens (tertiary/aromatic N) is 4. The van der Waals surface area contributed by atoms with Crippen molar-refractivity contribution in [2.75, 3.05) is 13.2 Å². The second kappa shape index (κ2) is 16.4. The Kier molecular flexibility index (Phi) is 12.8. The van der Waals surface area contributed by atoms with E-state index in [0.717, 1.165) is 25.8 Å². The standard InChI is InChI=1S/C36H51N6O10P/c1-10-35(8,9)17-18-47-33(45)22(2)41-53(46,52-26-13-11-25(12-14-26)34(5,6)7)48-19-28-30(49-23(3)43)31(50-24(4)44)36(20-37,51-28)29-16-15-27-32(38)39-21-40-42(27)29/h11-15,21-22,28-31H,10,16-19H2,1-9H3,(H,41,46)(H2,38,39,40)/t22-,28+,29?,30+,31+,36-,53?/m0/s1. The van der Waals surface area contributed by atoms with Crippen LogP contribution in [-0.4, -0.2) is 84.3 Å². The van der Waals surface area contributed by atoms with E-state index in [2.05, 4.69) is 35.1 Å². The van der Waals surface area contributed by atoms with Gasteiger partial charge in [-0.25, -0.2) is 9.56 Å². The Bertz CT molecular complexity index is 1720. The van der Waals surface area contributed by atoms with Gasteiger partial charge in [0, 0.05) is 13.8 Å². The molecule has 1 aromatic rings. The minimum atomic E-state index is -4.48. The summed E-state index contributed by atoms with van der Waals surface area (Å²) in [7, 11) is -4.48. The Balaban J connectivity index is 1.65. The zero-order chi connectivity index (χ0) is 39.4. The van der Waals surface area contributed by atoms with E-state index in [4.69, 9.17) is 33.7 Å². The number of carbonyl (C=O) groups excluding carboxylic acids is 3. The highest BCUT2D eigenvalue weighted by atomic mass is 31.2. The third-order valence-corrected chi connectivity index (χ3v) is 11.1. The Morgan fingerprint density at radius 3 is 2.40 bits per heavy atom. The molecule has 4 rings (SSSR count).